The zero-order chi connectivity index (χ0) is 13.5. The van der Waals surface area contributed by atoms with Gasteiger partial charge in [0.15, 0.2) is 0 Å². The molecule has 104 valence electrons. The average Bonchev–Trinajstić information content (AvgIpc) is 3.37. The first kappa shape index (κ1) is 12.2. The van der Waals surface area contributed by atoms with Crippen LogP contribution in [0, 0.1) is 6.92 Å². The van der Waals surface area contributed by atoms with Gasteiger partial charge in [0.05, 0.1) is 11.4 Å². The van der Waals surface area contributed by atoms with Crippen LogP contribution in [-0.4, -0.2) is 15.8 Å². The first-order valence-electron chi connectivity index (χ1n) is 7.68. The molecule has 0 atom stereocenters. The second-order valence-electron chi connectivity index (χ2n) is 6.23. The van der Waals surface area contributed by atoms with E-state index in [9.17, 15) is 0 Å². The molecule has 3 heteroatoms. The van der Waals surface area contributed by atoms with Crippen molar-refractivity contribution in [3.05, 3.63) is 47.3 Å². The standard InChI is InChI=1S/C17H21N3/c1-12-10-16(7-4-14(12)11-18-15-5-6-15)20-9-8-17(19-20)13-2-3-13/h4,7-10,13,15,18H,2-3,5-6,11H2,1H3. The van der Waals surface area contributed by atoms with Crippen LogP contribution in [0.15, 0.2) is 30.5 Å². The molecule has 2 fully saturated rings. The summed E-state index contributed by atoms with van der Waals surface area (Å²) in [5.74, 6) is 0.722. The fourth-order valence-electron chi connectivity index (χ4n) is 2.64. The van der Waals surface area contributed by atoms with Gasteiger partial charge in [-0.25, -0.2) is 4.68 Å². The monoisotopic (exact) mass is 267 g/mol. The Morgan fingerprint density at radius 3 is 2.75 bits per heavy atom. The van der Waals surface area contributed by atoms with E-state index in [0.29, 0.717) is 0 Å². The van der Waals surface area contributed by atoms with Crippen LogP contribution in [0.1, 0.15) is 48.4 Å². The van der Waals surface area contributed by atoms with Crippen molar-refractivity contribution in [3.8, 4) is 5.69 Å². The second kappa shape index (κ2) is 4.74. The van der Waals surface area contributed by atoms with Crippen molar-refractivity contribution in [2.24, 2.45) is 0 Å². The van der Waals surface area contributed by atoms with Crippen LogP contribution in [0.4, 0.5) is 0 Å². The smallest absolute Gasteiger partial charge is 0.0659 e. The molecule has 0 bridgehead atoms. The van der Waals surface area contributed by atoms with Crippen molar-refractivity contribution in [1.82, 2.24) is 15.1 Å². The maximum atomic E-state index is 4.70. The van der Waals surface area contributed by atoms with Gasteiger partial charge in [-0.2, -0.15) is 5.10 Å². The minimum absolute atomic E-state index is 0.722. The van der Waals surface area contributed by atoms with E-state index in [4.69, 9.17) is 5.10 Å². The molecular weight excluding hydrogens is 246 g/mol. The Labute approximate surface area is 120 Å². The Morgan fingerprint density at radius 2 is 2.05 bits per heavy atom. The minimum Gasteiger partial charge on any atom is -0.310 e. The van der Waals surface area contributed by atoms with Gasteiger partial charge in [-0.3, -0.25) is 0 Å². The van der Waals surface area contributed by atoms with Crippen molar-refractivity contribution in [1.29, 1.82) is 0 Å². The van der Waals surface area contributed by atoms with Gasteiger partial charge < -0.3 is 5.32 Å². The molecule has 0 radical (unpaired) electrons. The Balaban J connectivity index is 1.53. The summed E-state index contributed by atoms with van der Waals surface area (Å²) in [5, 5.41) is 8.28. The number of aromatic nitrogens is 2. The fourth-order valence-corrected chi connectivity index (χ4v) is 2.64. The molecule has 2 aliphatic carbocycles. The van der Waals surface area contributed by atoms with Gasteiger partial charge in [0.25, 0.3) is 0 Å². The van der Waals surface area contributed by atoms with Gasteiger partial charge in [0, 0.05) is 24.7 Å². The van der Waals surface area contributed by atoms with Gasteiger partial charge in [-0.05, 0) is 61.9 Å². The summed E-state index contributed by atoms with van der Waals surface area (Å²) < 4.78 is 2.01. The van der Waals surface area contributed by atoms with Crippen LogP contribution >= 0.6 is 0 Å². The lowest BCUT2D eigenvalue weighted by Gasteiger charge is -2.09. The molecule has 1 heterocycles. The number of hydrogen-bond acceptors (Lipinski definition) is 2. The van der Waals surface area contributed by atoms with E-state index in [0.717, 1.165) is 18.5 Å². The van der Waals surface area contributed by atoms with Crippen LogP contribution < -0.4 is 5.32 Å². The van der Waals surface area contributed by atoms with Crippen molar-refractivity contribution < 1.29 is 0 Å². The molecule has 0 amide bonds. The maximum Gasteiger partial charge on any atom is 0.0659 e. The summed E-state index contributed by atoms with van der Waals surface area (Å²) >= 11 is 0. The van der Waals surface area contributed by atoms with Crippen molar-refractivity contribution in [2.75, 3.05) is 0 Å². The summed E-state index contributed by atoms with van der Waals surface area (Å²) in [6.45, 7) is 3.18. The van der Waals surface area contributed by atoms with Crippen molar-refractivity contribution in [2.45, 2.75) is 51.1 Å². The average molecular weight is 267 g/mol. The third-order valence-electron chi connectivity index (χ3n) is 4.35. The predicted molar refractivity (Wildman–Crippen MR) is 80.1 cm³/mol. The van der Waals surface area contributed by atoms with Crippen molar-refractivity contribution >= 4 is 0 Å². The van der Waals surface area contributed by atoms with Crippen LogP contribution in [0.5, 0.6) is 0 Å². The van der Waals surface area contributed by atoms with Crippen LogP contribution in [0.25, 0.3) is 5.69 Å². The summed E-state index contributed by atoms with van der Waals surface area (Å²) in [5.41, 5.74) is 5.17. The quantitative estimate of drug-likeness (QED) is 0.900. The molecule has 4 rings (SSSR count). The number of rotatable bonds is 5. The zero-order valence-electron chi connectivity index (χ0n) is 12.0. The highest BCUT2D eigenvalue weighted by Crippen LogP contribution is 2.39. The Kier molecular flexibility index (Phi) is 2.88. The molecule has 0 unspecified atom stereocenters. The lowest BCUT2D eigenvalue weighted by molar-refractivity contribution is 0.685. The zero-order valence-corrected chi connectivity index (χ0v) is 12.0. The molecule has 1 aromatic heterocycles. The van der Waals surface area contributed by atoms with Gasteiger partial charge in [-0.1, -0.05) is 6.07 Å². The molecule has 2 saturated carbocycles. The first-order chi connectivity index (χ1) is 9.79. The first-order valence-corrected chi connectivity index (χ1v) is 7.68. The summed E-state index contributed by atoms with van der Waals surface area (Å²) in [4.78, 5) is 0. The van der Waals surface area contributed by atoms with E-state index in [1.54, 1.807) is 0 Å². The van der Waals surface area contributed by atoms with Gasteiger partial charge in [0.2, 0.25) is 0 Å². The molecule has 20 heavy (non-hydrogen) atoms. The molecule has 1 N–H and O–H groups in total. The molecule has 3 nitrogen and oxygen atoms in total. The highest BCUT2D eigenvalue weighted by Gasteiger charge is 2.26. The number of aryl methyl sites for hydroxylation is 1. The van der Waals surface area contributed by atoms with Gasteiger partial charge >= 0.3 is 0 Å². The summed E-state index contributed by atoms with van der Waals surface area (Å²) in [6.07, 6.45) is 7.39. The molecule has 0 aliphatic heterocycles. The van der Waals surface area contributed by atoms with E-state index in [1.807, 2.05) is 4.68 Å². The topological polar surface area (TPSA) is 29.9 Å². The molecule has 2 aromatic rings. The lowest BCUT2D eigenvalue weighted by Crippen LogP contribution is -2.16. The molecular formula is C17H21N3. The third-order valence-corrected chi connectivity index (χ3v) is 4.35. The van der Waals surface area contributed by atoms with E-state index < -0.39 is 0 Å². The van der Waals surface area contributed by atoms with E-state index in [1.165, 1.54) is 48.2 Å². The van der Waals surface area contributed by atoms with Crippen molar-refractivity contribution in [3.63, 3.8) is 0 Å². The summed E-state index contributed by atoms with van der Waals surface area (Å²) in [7, 11) is 0. The number of nitrogens with zero attached hydrogens (tertiary/aromatic N) is 2. The van der Waals surface area contributed by atoms with E-state index >= 15 is 0 Å². The van der Waals surface area contributed by atoms with Crippen LogP contribution in [0.3, 0.4) is 0 Å². The predicted octanol–water partition coefficient (Wildman–Crippen LogP) is 3.31. The number of nitrogens with one attached hydrogen (secondary N) is 1. The summed E-state index contributed by atoms with van der Waals surface area (Å²) in [6, 6.07) is 9.59. The number of hydrogen-bond donors (Lipinski definition) is 1. The van der Waals surface area contributed by atoms with Gasteiger partial charge in [-0.15, -0.1) is 0 Å². The highest BCUT2D eigenvalue weighted by molar-refractivity contribution is 5.40. The maximum absolute atomic E-state index is 4.70. The Bertz CT molecular complexity index is 621. The van der Waals surface area contributed by atoms with E-state index in [2.05, 4.69) is 42.7 Å². The minimum atomic E-state index is 0.722. The lowest BCUT2D eigenvalue weighted by atomic mass is 10.1. The Hall–Kier alpha value is -1.61. The van der Waals surface area contributed by atoms with Crippen LogP contribution in [0.2, 0.25) is 0 Å². The highest BCUT2D eigenvalue weighted by atomic mass is 15.3. The molecule has 2 aliphatic rings. The molecule has 1 aromatic carbocycles. The Morgan fingerprint density at radius 1 is 1.20 bits per heavy atom. The molecule has 0 spiro atoms. The normalized spacial score (nSPS) is 18.4. The number of benzene rings is 1. The molecule has 0 saturated heterocycles. The fraction of sp³-hybridized carbons (Fsp3) is 0.471. The third kappa shape index (κ3) is 2.50. The SMILES string of the molecule is Cc1cc(-n2ccc(C3CC3)n2)ccc1CNC1CC1. The largest absolute Gasteiger partial charge is 0.310 e. The van der Waals surface area contributed by atoms with E-state index in [-0.39, 0.29) is 0 Å². The van der Waals surface area contributed by atoms with Crippen LogP contribution in [-0.2, 0) is 6.54 Å². The van der Waals surface area contributed by atoms with Gasteiger partial charge in [0.1, 0.15) is 0 Å². The second-order valence-corrected chi connectivity index (χ2v) is 6.23.